The second-order valence-electron chi connectivity index (χ2n) is 12.0. The van der Waals surface area contributed by atoms with Crippen LogP contribution in [-0.2, 0) is 11.2 Å². The minimum Gasteiger partial charge on any atom is -0.488 e. The summed E-state index contributed by atoms with van der Waals surface area (Å²) in [7, 11) is 0. The lowest BCUT2D eigenvalue weighted by Gasteiger charge is -2.33. The maximum Gasteiger partial charge on any atom is 0.251 e. The molecule has 2 saturated carbocycles. The fourth-order valence-electron chi connectivity index (χ4n) is 5.11. The molecule has 2 fully saturated rings. The van der Waals surface area contributed by atoms with Crippen molar-refractivity contribution in [1.29, 1.82) is 0 Å². The molecular weight excluding hydrogens is 561 g/mol. The number of carbonyl (C=O) groups excluding carboxylic acids is 1. The Morgan fingerprint density at radius 3 is 2.40 bits per heavy atom. The molecule has 8 nitrogen and oxygen atoms in total. The predicted molar refractivity (Wildman–Crippen MR) is 152 cm³/mol. The van der Waals surface area contributed by atoms with Crippen LogP contribution in [0, 0.1) is 18.6 Å². The van der Waals surface area contributed by atoms with Gasteiger partial charge in [-0.25, -0.2) is 18.2 Å². The van der Waals surface area contributed by atoms with Crippen molar-refractivity contribution in [2.45, 2.75) is 69.4 Å². The first-order chi connectivity index (χ1) is 20.3. The first kappa shape index (κ1) is 29.0. The fourth-order valence-corrected chi connectivity index (χ4v) is 5.11. The highest BCUT2D eigenvalue weighted by atomic mass is 19.1. The number of ether oxygens (including phenoxy) is 1. The zero-order chi connectivity index (χ0) is 30.7. The highest BCUT2D eigenvalue weighted by Gasteiger charge is 2.62. The lowest BCUT2D eigenvalue weighted by molar-refractivity contribution is -0.0569. The Morgan fingerprint density at radius 2 is 1.77 bits per heavy atom. The minimum absolute atomic E-state index is 0.0159. The van der Waals surface area contributed by atoms with Gasteiger partial charge in [0, 0.05) is 22.1 Å². The Hall–Kier alpha value is -4.09. The zero-order valence-electron chi connectivity index (χ0n) is 23.9. The summed E-state index contributed by atoms with van der Waals surface area (Å²) in [6.45, 7) is 3.87. The number of alkyl halides is 1. The van der Waals surface area contributed by atoms with E-state index in [1.165, 1.54) is 26.0 Å². The molecule has 224 valence electrons. The van der Waals surface area contributed by atoms with Crippen molar-refractivity contribution in [3.63, 3.8) is 0 Å². The van der Waals surface area contributed by atoms with Gasteiger partial charge in [-0.15, -0.1) is 5.10 Å². The first-order valence-electron chi connectivity index (χ1n) is 14.1. The lowest BCUT2D eigenvalue weighted by Crippen LogP contribution is -2.49. The number of benzene rings is 2. The molecule has 2 aliphatic carbocycles. The summed E-state index contributed by atoms with van der Waals surface area (Å²) in [5.41, 5.74) is -5.55. The number of carbonyl (C=O) groups is 1. The average Bonchev–Trinajstić information content (AvgIpc) is 3.91. The van der Waals surface area contributed by atoms with E-state index in [1.807, 2.05) is 0 Å². The topological polar surface area (TPSA) is 117 Å². The number of halogens is 3. The van der Waals surface area contributed by atoms with E-state index in [0.717, 1.165) is 31.0 Å². The second-order valence-corrected chi connectivity index (χ2v) is 12.0. The van der Waals surface area contributed by atoms with Crippen LogP contribution in [0.15, 0.2) is 48.5 Å². The van der Waals surface area contributed by atoms with E-state index in [2.05, 4.69) is 20.5 Å². The smallest absolute Gasteiger partial charge is 0.251 e. The summed E-state index contributed by atoms with van der Waals surface area (Å²) in [6, 6.07) is 10.7. The van der Waals surface area contributed by atoms with Crippen molar-refractivity contribution in [2.24, 2.45) is 0 Å². The van der Waals surface area contributed by atoms with E-state index < -0.39 is 41.0 Å². The highest BCUT2D eigenvalue weighted by Crippen LogP contribution is 2.53. The minimum atomic E-state index is -2.37. The number of hydrogen-bond acceptors (Lipinski definition) is 7. The van der Waals surface area contributed by atoms with Crippen molar-refractivity contribution in [2.75, 3.05) is 6.54 Å². The summed E-state index contributed by atoms with van der Waals surface area (Å²) in [6.07, 6.45) is 1.93. The van der Waals surface area contributed by atoms with Crippen LogP contribution in [0.25, 0.3) is 22.2 Å². The third-order valence-electron chi connectivity index (χ3n) is 8.04. The number of nitrogens with zero attached hydrogens (tertiary/aromatic N) is 3. The SMILES string of the molecule is Cc1nnc2ccc(C(=O)NCC(O)(c3cc(C(C)(C)O)c(F)c(-c4ccc(F)cc4)n3)C3(F)CC3)cc2c1OC1CC1. The largest absolute Gasteiger partial charge is 0.488 e. The van der Waals surface area contributed by atoms with Gasteiger partial charge in [0.2, 0.25) is 0 Å². The van der Waals surface area contributed by atoms with Gasteiger partial charge >= 0.3 is 0 Å². The van der Waals surface area contributed by atoms with Gasteiger partial charge in [-0.1, -0.05) is 0 Å². The molecule has 2 aromatic carbocycles. The van der Waals surface area contributed by atoms with Crippen LogP contribution >= 0.6 is 0 Å². The Labute approximate surface area is 245 Å². The quantitative estimate of drug-likeness (QED) is 0.246. The number of hydrogen-bond donors (Lipinski definition) is 3. The Kier molecular flexibility index (Phi) is 6.93. The molecule has 43 heavy (non-hydrogen) atoms. The van der Waals surface area contributed by atoms with Crippen molar-refractivity contribution in [3.05, 3.63) is 82.7 Å². The molecular formula is C32H31F3N4O4. The third kappa shape index (κ3) is 5.43. The van der Waals surface area contributed by atoms with E-state index in [4.69, 9.17) is 4.74 Å². The van der Waals surface area contributed by atoms with Gasteiger partial charge in [0.05, 0.1) is 29.5 Å². The molecule has 1 atom stereocenters. The van der Waals surface area contributed by atoms with Gasteiger partial charge in [0.25, 0.3) is 5.91 Å². The molecule has 1 unspecified atom stereocenters. The fraction of sp³-hybridized carbons (Fsp3) is 0.375. The maximum atomic E-state index is 16.0. The van der Waals surface area contributed by atoms with Crippen LogP contribution in [0.5, 0.6) is 5.75 Å². The number of nitrogens with one attached hydrogen (secondary N) is 1. The van der Waals surface area contributed by atoms with Crippen LogP contribution in [0.3, 0.4) is 0 Å². The third-order valence-corrected chi connectivity index (χ3v) is 8.04. The van der Waals surface area contributed by atoms with Gasteiger partial charge in [-0.2, -0.15) is 5.10 Å². The van der Waals surface area contributed by atoms with Crippen molar-refractivity contribution < 1.29 is 32.9 Å². The molecule has 11 heteroatoms. The Bertz CT molecular complexity index is 1730. The normalized spacial score (nSPS) is 17.4. The van der Waals surface area contributed by atoms with Gasteiger partial charge in [-0.05, 0) is 95.0 Å². The van der Waals surface area contributed by atoms with Crippen LogP contribution in [0.4, 0.5) is 13.2 Å². The highest BCUT2D eigenvalue weighted by molar-refractivity contribution is 5.99. The van der Waals surface area contributed by atoms with E-state index >= 15 is 8.78 Å². The van der Waals surface area contributed by atoms with E-state index in [1.54, 1.807) is 25.1 Å². The molecule has 0 saturated heterocycles. The van der Waals surface area contributed by atoms with Crippen LogP contribution in [0.2, 0.25) is 0 Å². The summed E-state index contributed by atoms with van der Waals surface area (Å²) < 4.78 is 51.3. The number of aromatic nitrogens is 3. The lowest BCUT2D eigenvalue weighted by atomic mass is 9.86. The van der Waals surface area contributed by atoms with Gasteiger partial charge in [0.15, 0.2) is 17.2 Å². The van der Waals surface area contributed by atoms with Gasteiger partial charge in [0.1, 0.15) is 22.9 Å². The van der Waals surface area contributed by atoms with E-state index in [-0.39, 0.29) is 47.0 Å². The van der Waals surface area contributed by atoms with Crippen molar-refractivity contribution in [3.8, 4) is 17.0 Å². The molecule has 2 aliphatic rings. The molecule has 0 radical (unpaired) electrons. The van der Waals surface area contributed by atoms with Gasteiger partial charge < -0.3 is 20.3 Å². The van der Waals surface area contributed by atoms with E-state index in [0.29, 0.717) is 22.3 Å². The van der Waals surface area contributed by atoms with Gasteiger partial charge in [-0.3, -0.25) is 4.79 Å². The Balaban J connectivity index is 1.36. The van der Waals surface area contributed by atoms with Crippen LogP contribution < -0.4 is 10.1 Å². The number of pyridine rings is 1. The molecule has 6 rings (SSSR count). The summed E-state index contributed by atoms with van der Waals surface area (Å²) in [5, 5.41) is 34.2. The summed E-state index contributed by atoms with van der Waals surface area (Å²) in [4.78, 5) is 17.7. The molecule has 0 spiro atoms. The number of amides is 1. The molecule has 2 heterocycles. The van der Waals surface area contributed by atoms with Crippen LogP contribution in [-0.4, -0.2) is 49.6 Å². The number of aryl methyl sites for hydroxylation is 1. The molecule has 4 aromatic rings. The second kappa shape index (κ2) is 10.3. The maximum absolute atomic E-state index is 16.0. The van der Waals surface area contributed by atoms with E-state index in [9.17, 15) is 19.4 Å². The molecule has 3 N–H and O–H groups in total. The monoisotopic (exact) mass is 592 g/mol. The standard InChI is InChI=1S/C32H31F3N4O4/c1-17-28(43-21-9-10-21)22-14-19(6-11-24(22)39-38-17)29(40)36-16-32(42,31(35)12-13-31)25-15-23(30(2,3)41)26(34)27(37-25)18-4-7-20(33)8-5-18/h4-8,11,14-15,21,41-42H,9-10,12-13,16H2,1-3H3,(H,36,40). The molecule has 0 bridgehead atoms. The Morgan fingerprint density at radius 1 is 1.07 bits per heavy atom. The predicted octanol–water partition coefficient (Wildman–Crippen LogP) is 5.17. The van der Waals surface area contributed by atoms with Crippen molar-refractivity contribution >= 4 is 16.8 Å². The summed E-state index contributed by atoms with van der Waals surface area (Å²) in [5.74, 6) is -1.50. The molecule has 0 aliphatic heterocycles. The van der Waals surface area contributed by atoms with Crippen LogP contribution in [0.1, 0.15) is 66.8 Å². The average molecular weight is 593 g/mol. The zero-order valence-corrected chi connectivity index (χ0v) is 23.9. The first-order valence-corrected chi connectivity index (χ1v) is 14.1. The molecule has 1 amide bonds. The number of rotatable bonds is 9. The molecule has 2 aromatic heterocycles. The van der Waals surface area contributed by atoms with Crippen molar-refractivity contribution in [1.82, 2.24) is 20.5 Å². The summed E-state index contributed by atoms with van der Waals surface area (Å²) >= 11 is 0. The number of aliphatic hydroxyl groups is 2. The number of fused-ring (bicyclic) bond motifs is 1.